The van der Waals surface area contributed by atoms with Crippen molar-refractivity contribution in [1.29, 1.82) is 5.26 Å². The molecular formula is C13H17N3O4S. The maximum absolute atomic E-state index is 12.6. The van der Waals surface area contributed by atoms with Gasteiger partial charge in [0, 0.05) is 24.7 Å². The van der Waals surface area contributed by atoms with Gasteiger partial charge in [0.15, 0.2) is 0 Å². The Kier molecular flexibility index (Phi) is 5.41. The van der Waals surface area contributed by atoms with Crippen molar-refractivity contribution in [2.24, 2.45) is 5.92 Å². The Morgan fingerprint density at radius 2 is 2.10 bits per heavy atom. The van der Waals surface area contributed by atoms with Crippen molar-refractivity contribution in [3.05, 3.63) is 33.9 Å². The number of hydrogen-bond donors (Lipinski definition) is 0. The summed E-state index contributed by atoms with van der Waals surface area (Å²) >= 11 is 0. The summed E-state index contributed by atoms with van der Waals surface area (Å²) in [6, 6.07) is 5.94. The molecule has 0 radical (unpaired) electrons. The zero-order chi connectivity index (χ0) is 16.2. The van der Waals surface area contributed by atoms with E-state index in [1.54, 1.807) is 13.8 Å². The van der Waals surface area contributed by atoms with E-state index < -0.39 is 20.9 Å². The highest BCUT2D eigenvalue weighted by atomic mass is 32.2. The van der Waals surface area contributed by atoms with E-state index in [1.807, 2.05) is 6.07 Å². The molecule has 0 aromatic heterocycles. The van der Waals surface area contributed by atoms with Gasteiger partial charge in [-0.25, -0.2) is 8.42 Å². The average Bonchev–Trinajstić information content (AvgIpc) is 2.43. The van der Waals surface area contributed by atoms with Crippen molar-refractivity contribution in [3.8, 4) is 6.07 Å². The molecule has 0 aliphatic rings. The summed E-state index contributed by atoms with van der Waals surface area (Å²) in [5, 5.41) is 19.7. The molecule has 7 nitrogen and oxygen atoms in total. The highest BCUT2D eigenvalue weighted by Crippen LogP contribution is 2.27. The molecule has 1 aromatic rings. The van der Waals surface area contributed by atoms with Crippen LogP contribution in [0.4, 0.5) is 5.69 Å². The molecule has 1 unspecified atom stereocenters. The van der Waals surface area contributed by atoms with Crippen LogP contribution in [0.25, 0.3) is 0 Å². The van der Waals surface area contributed by atoms with E-state index >= 15 is 0 Å². The van der Waals surface area contributed by atoms with Crippen LogP contribution in [0.15, 0.2) is 23.1 Å². The zero-order valence-electron chi connectivity index (χ0n) is 12.1. The first-order valence-electron chi connectivity index (χ1n) is 6.39. The van der Waals surface area contributed by atoms with Crippen LogP contribution in [0, 0.1) is 34.3 Å². The van der Waals surface area contributed by atoms with Crippen molar-refractivity contribution >= 4 is 15.7 Å². The molecule has 0 N–H and O–H groups in total. The van der Waals surface area contributed by atoms with Crippen molar-refractivity contribution in [3.63, 3.8) is 0 Å². The number of nitro benzene ring substituents is 1. The molecular weight excluding hydrogens is 294 g/mol. The Morgan fingerprint density at radius 1 is 1.48 bits per heavy atom. The van der Waals surface area contributed by atoms with E-state index in [1.165, 1.54) is 25.1 Å². The first-order chi connectivity index (χ1) is 9.75. The minimum atomic E-state index is -3.87. The van der Waals surface area contributed by atoms with E-state index in [4.69, 9.17) is 5.26 Å². The van der Waals surface area contributed by atoms with Gasteiger partial charge in [0.1, 0.15) is 0 Å². The summed E-state index contributed by atoms with van der Waals surface area (Å²) in [4.78, 5) is 10.2. The first-order valence-corrected chi connectivity index (χ1v) is 7.83. The number of nitrogens with zero attached hydrogens (tertiary/aromatic N) is 3. The predicted octanol–water partition coefficient (Wildman–Crippen LogP) is 2.07. The van der Waals surface area contributed by atoms with Crippen LogP contribution in [0.1, 0.15) is 19.4 Å². The third kappa shape index (κ3) is 3.56. The van der Waals surface area contributed by atoms with E-state index in [0.29, 0.717) is 0 Å². The highest BCUT2D eigenvalue weighted by molar-refractivity contribution is 7.89. The maximum Gasteiger partial charge on any atom is 0.273 e. The lowest BCUT2D eigenvalue weighted by molar-refractivity contribution is -0.385. The van der Waals surface area contributed by atoms with Gasteiger partial charge in [-0.3, -0.25) is 10.1 Å². The summed E-state index contributed by atoms with van der Waals surface area (Å²) < 4.78 is 26.4. The van der Waals surface area contributed by atoms with Gasteiger partial charge in [-0.15, -0.1) is 0 Å². The fourth-order valence-electron chi connectivity index (χ4n) is 1.96. The third-order valence-corrected chi connectivity index (χ3v) is 5.21. The second-order valence-electron chi connectivity index (χ2n) is 4.64. The molecule has 0 spiro atoms. The smallest absolute Gasteiger partial charge is 0.258 e. The van der Waals surface area contributed by atoms with Crippen molar-refractivity contribution in [2.75, 3.05) is 13.1 Å². The standard InChI is InChI=1S/C13H17N3O4S/c1-4-15(9-10(2)8-14)21(19,20)13-7-5-6-12(11(13)3)16(17)18/h5-7,10H,4,9H2,1-3H3. The summed E-state index contributed by atoms with van der Waals surface area (Å²) in [5.74, 6) is -0.460. The van der Waals surface area contributed by atoms with Crippen LogP contribution in [0.3, 0.4) is 0 Å². The van der Waals surface area contributed by atoms with E-state index in [9.17, 15) is 18.5 Å². The average molecular weight is 311 g/mol. The number of hydrogen-bond acceptors (Lipinski definition) is 5. The molecule has 21 heavy (non-hydrogen) atoms. The van der Waals surface area contributed by atoms with Gasteiger partial charge in [-0.1, -0.05) is 13.0 Å². The molecule has 0 bridgehead atoms. The van der Waals surface area contributed by atoms with Crippen molar-refractivity contribution in [2.45, 2.75) is 25.7 Å². The quantitative estimate of drug-likeness (QED) is 0.591. The Bertz CT molecular complexity index is 679. The molecule has 0 aliphatic heterocycles. The molecule has 0 fully saturated rings. The number of rotatable bonds is 6. The molecule has 1 atom stereocenters. The molecule has 114 valence electrons. The van der Waals surface area contributed by atoms with Crippen LogP contribution in [-0.2, 0) is 10.0 Å². The number of nitriles is 1. The monoisotopic (exact) mass is 311 g/mol. The molecule has 0 amide bonds. The Morgan fingerprint density at radius 3 is 2.57 bits per heavy atom. The minimum absolute atomic E-state index is 0.0530. The second kappa shape index (κ2) is 6.65. The molecule has 0 saturated carbocycles. The molecule has 0 saturated heterocycles. The number of nitro groups is 1. The lowest BCUT2D eigenvalue weighted by Crippen LogP contribution is -2.34. The van der Waals surface area contributed by atoms with Gasteiger partial charge in [-0.05, 0) is 19.9 Å². The van der Waals surface area contributed by atoms with Gasteiger partial charge < -0.3 is 0 Å². The van der Waals surface area contributed by atoms with E-state index in [2.05, 4.69) is 0 Å². The topological polar surface area (TPSA) is 104 Å². The molecule has 8 heteroatoms. The summed E-state index contributed by atoms with van der Waals surface area (Å²) in [6.07, 6.45) is 0. The molecule has 0 heterocycles. The Labute approximate surface area is 124 Å². The fourth-order valence-corrected chi connectivity index (χ4v) is 3.74. The highest BCUT2D eigenvalue weighted by Gasteiger charge is 2.29. The van der Waals surface area contributed by atoms with Crippen LogP contribution in [0.5, 0.6) is 0 Å². The van der Waals surface area contributed by atoms with Crippen LogP contribution >= 0.6 is 0 Å². The SMILES string of the molecule is CCN(CC(C)C#N)S(=O)(=O)c1cccc([N+](=O)[O-])c1C. The van der Waals surface area contributed by atoms with Gasteiger partial charge in [0.2, 0.25) is 10.0 Å². The normalized spacial score (nSPS) is 12.9. The van der Waals surface area contributed by atoms with Crippen molar-refractivity contribution in [1.82, 2.24) is 4.31 Å². The number of sulfonamides is 1. The van der Waals surface area contributed by atoms with Crippen molar-refractivity contribution < 1.29 is 13.3 Å². The summed E-state index contributed by atoms with van der Waals surface area (Å²) in [6.45, 7) is 4.94. The largest absolute Gasteiger partial charge is 0.273 e. The lowest BCUT2D eigenvalue weighted by Gasteiger charge is -2.22. The predicted molar refractivity (Wildman–Crippen MR) is 77.0 cm³/mol. The Hall–Kier alpha value is -1.98. The van der Waals surface area contributed by atoms with Gasteiger partial charge in [0.25, 0.3) is 5.69 Å². The van der Waals surface area contributed by atoms with Gasteiger partial charge in [-0.2, -0.15) is 9.57 Å². The zero-order valence-corrected chi connectivity index (χ0v) is 12.9. The van der Waals surface area contributed by atoms with Gasteiger partial charge >= 0.3 is 0 Å². The van der Waals surface area contributed by atoms with Crippen LogP contribution in [-0.4, -0.2) is 30.7 Å². The van der Waals surface area contributed by atoms with E-state index in [-0.39, 0.29) is 29.2 Å². The molecule has 0 aliphatic carbocycles. The van der Waals surface area contributed by atoms with E-state index in [0.717, 1.165) is 4.31 Å². The first kappa shape index (κ1) is 17.1. The lowest BCUT2D eigenvalue weighted by atomic mass is 10.2. The van der Waals surface area contributed by atoms with Gasteiger partial charge in [0.05, 0.1) is 21.8 Å². The second-order valence-corrected chi connectivity index (χ2v) is 6.55. The minimum Gasteiger partial charge on any atom is -0.258 e. The summed E-state index contributed by atoms with van der Waals surface area (Å²) in [7, 11) is -3.87. The molecule has 1 rings (SSSR count). The van der Waals surface area contributed by atoms with Crippen LogP contribution in [0.2, 0.25) is 0 Å². The summed E-state index contributed by atoms with van der Waals surface area (Å²) in [5.41, 5.74) is -0.133. The molecule has 1 aromatic carbocycles. The van der Waals surface area contributed by atoms with Crippen LogP contribution < -0.4 is 0 Å². The number of benzene rings is 1. The Balaban J connectivity index is 3.33. The fraction of sp³-hybridized carbons (Fsp3) is 0.462. The third-order valence-electron chi connectivity index (χ3n) is 3.12. The maximum atomic E-state index is 12.6.